The molecule has 1 aliphatic rings. The lowest BCUT2D eigenvalue weighted by Gasteiger charge is -2.18. The summed E-state index contributed by atoms with van der Waals surface area (Å²) in [7, 11) is 0. The summed E-state index contributed by atoms with van der Waals surface area (Å²) in [6.45, 7) is 5.32. The largest absolute Gasteiger partial charge is 0.348 e. The van der Waals surface area contributed by atoms with E-state index in [0.29, 0.717) is 0 Å². The zero-order valence-corrected chi connectivity index (χ0v) is 14.5. The van der Waals surface area contributed by atoms with Crippen LogP contribution in [0, 0.1) is 13.8 Å². The van der Waals surface area contributed by atoms with Crippen molar-refractivity contribution in [3.63, 3.8) is 0 Å². The summed E-state index contributed by atoms with van der Waals surface area (Å²) in [4.78, 5) is 12.1. The van der Waals surface area contributed by atoms with Gasteiger partial charge in [0, 0.05) is 12.1 Å². The Morgan fingerprint density at radius 1 is 1.36 bits per heavy atom. The number of aryl methyl sites for hydroxylation is 2. The van der Waals surface area contributed by atoms with Crippen LogP contribution >= 0.6 is 0 Å². The predicted molar refractivity (Wildman–Crippen MR) is 91.0 cm³/mol. The summed E-state index contributed by atoms with van der Waals surface area (Å²) < 4.78 is 28.3. The number of aromatic nitrogens is 2. The van der Waals surface area contributed by atoms with Crippen LogP contribution in [-0.4, -0.2) is 34.2 Å². The first-order chi connectivity index (χ1) is 11.7. The second-order valence-corrected chi connectivity index (χ2v) is 6.65. The number of halogens is 2. The van der Waals surface area contributed by atoms with Crippen molar-refractivity contribution in [2.75, 3.05) is 6.54 Å². The predicted octanol–water partition coefficient (Wildman–Crippen LogP) is 2.66. The average molecular weight is 348 g/mol. The van der Waals surface area contributed by atoms with Crippen molar-refractivity contribution in [2.45, 2.75) is 45.2 Å². The second kappa shape index (κ2) is 6.55. The van der Waals surface area contributed by atoms with E-state index >= 15 is 0 Å². The number of carbonyl (C=O) groups excluding carboxylic acids is 1. The van der Waals surface area contributed by atoms with Gasteiger partial charge in [-0.05, 0) is 44.5 Å². The molecule has 2 N–H and O–H groups in total. The highest BCUT2D eigenvalue weighted by Gasteiger charge is 2.42. The van der Waals surface area contributed by atoms with Crippen LogP contribution in [0.15, 0.2) is 30.3 Å². The number of carbonyl (C=O) groups is 1. The molecule has 2 unspecified atom stereocenters. The van der Waals surface area contributed by atoms with Crippen molar-refractivity contribution in [3.05, 3.63) is 47.3 Å². The minimum absolute atomic E-state index is 0.266. The number of nitrogens with zero attached hydrogens (tertiary/aromatic N) is 2. The van der Waals surface area contributed by atoms with E-state index in [1.807, 2.05) is 55.8 Å². The van der Waals surface area contributed by atoms with E-state index < -0.39 is 30.8 Å². The zero-order valence-electron chi connectivity index (χ0n) is 14.5. The number of rotatable bonds is 4. The lowest BCUT2D eigenvalue weighted by molar-refractivity contribution is -0.124. The van der Waals surface area contributed by atoms with E-state index in [-0.39, 0.29) is 6.04 Å². The molecule has 2 aromatic rings. The third kappa shape index (κ3) is 3.87. The molecule has 0 saturated carbocycles. The Labute approximate surface area is 145 Å². The Hall–Kier alpha value is -2.28. The van der Waals surface area contributed by atoms with Crippen LogP contribution < -0.4 is 10.6 Å². The molecule has 1 amide bonds. The lowest BCUT2D eigenvalue weighted by atomic mass is 10.1. The summed E-state index contributed by atoms with van der Waals surface area (Å²) in [6, 6.07) is 8.57. The van der Waals surface area contributed by atoms with Crippen LogP contribution in [0.25, 0.3) is 5.69 Å². The second-order valence-electron chi connectivity index (χ2n) is 6.65. The van der Waals surface area contributed by atoms with Crippen LogP contribution in [0.4, 0.5) is 8.78 Å². The molecule has 1 aromatic heterocycles. The first kappa shape index (κ1) is 17.5. The zero-order chi connectivity index (χ0) is 18.2. The minimum atomic E-state index is -2.81. The van der Waals surface area contributed by atoms with E-state index in [1.165, 1.54) is 0 Å². The lowest BCUT2D eigenvalue weighted by Crippen LogP contribution is -2.41. The molecule has 1 saturated heterocycles. The first-order valence-corrected chi connectivity index (χ1v) is 8.30. The number of nitrogens with one attached hydrogen (secondary N) is 2. The maximum absolute atomic E-state index is 13.2. The fraction of sp³-hybridized carbons (Fsp3) is 0.444. The number of amides is 1. The molecule has 1 fully saturated rings. The van der Waals surface area contributed by atoms with E-state index in [1.54, 1.807) is 0 Å². The van der Waals surface area contributed by atoms with Crippen molar-refractivity contribution < 1.29 is 13.6 Å². The van der Waals surface area contributed by atoms with Crippen molar-refractivity contribution in [1.82, 2.24) is 20.4 Å². The Morgan fingerprint density at radius 3 is 2.56 bits per heavy atom. The van der Waals surface area contributed by atoms with E-state index in [4.69, 9.17) is 0 Å². The van der Waals surface area contributed by atoms with Gasteiger partial charge in [-0.3, -0.25) is 10.1 Å². The molecule has 0 bridgehead atoms. The highest BCUT2D eigenvalue weighted by molar-refractivity contribution is 5.82. The Balaban J connectivity index is 1.66. The average Bonchev–Trinajstić information content (AvgIpc) is 3.08. The first-order valence-electron chi connectivity index (χ1n) is 8.30. The van der Waals surface area contributed by atoms with E-state index in [2.05, 4.69) is 15.7 Å². The maximum atomic E-state index is 13.2. The molecule has 5 nitrogen and oxygen atoms in total. The summed E-state index contributed by atoms with van der Waals surface area (Å²) in [6.07, 6.45) is -0.456. The van der Waals surface area contributed by atoms with Gasteiger partial charge < -0.3 is 5.32 Å². The summed E-state index contributed by atoms with van der Waals surface area (Å²) >= 11 is 0. The fourth-order valence-corrected chi connectivity index (χ4v) is 3.09. The van der Waals surface area contributed by atoms with Gasteiger partial charge in [-0.1, -0.05) is 12.1 Å². The number of hydrogen-bond acceptors (Lipinski definition) is 3. The molecular weight excluding hydrogens is 326 g/mol. The van der Waals surface area contributed by atoms with Gasteiger partial charge in [0.2, 0.25) is 5.91 Å². The summed E-state index contributed by atoms with van der Waals surface area (Å²) in [5.74, 6) is -3.21. The Bertz CT molecular complexity index is 770. The number of benzene rings is 1. The third-order valence-corrected chi connectivity index (χ3v) is 4.43. The van der Waals surface area contributed by atoms with Crippen LogP contribution in [-0.2, 0) is 4.79 Å². The molecule has 0 spiro atoms. The number of hydrogen-bond donors (Lipinski definition) is 2. The van der Waals surface area contributed by atoms with Gasteiger partial charge >= 0.3 is 0 Å². The highest BCUT2D eigenvalue weighted by Crippen LogP contribution is 2.25. The SMILES string of the molecule is Cc1cc(C)n(-c2ccc(C(C)NC(=O)C3CC(F)(F)CN3)cc2)n1. The van der Waals surface area contributed by atoms with Crippen LogP contribution in [0.2, 0.25) is 0 Å². The molecule has 7 heteroatoms. The standard InChI is InChI=1S/C18H22F2N4O/c1-11-8-12(2)24(23-11)15-6-4-14(5-7-15)13(3)22-17(25)16-9-18(19,20)10-21-16/h4-8,13,16,21H,9-10H2,1-3H3,(H,22,25). The monoisotopic (exact) mass is 348 g/mol. The smallest absolute Gasteiger partial charge is 0.262 e. The molecule has 1 aromatic carbocycles. The van der Waals surface area contributed by atoms with Crippen LogP contribution in [0.5, 0.6) is 0 Å². The molecule has 0 radical (unpaired) electrons. The van der Waals surface area contributed by atoms with Gasteiger partial charge in [0.1, 0.15) is 0 Å². The Kier molecular flexibility index (Phi) is 4.60. The van der Waals surface area contributed by atoms with Gasteiger partial charge in [-0.25, -0.2) is 13.5 Å². The number of alkyl halides is 2. The normalized spacial score (nSPS) is 20.4. The molecular formula is C18H22F2N4O. The maximum Gasteiger partial charge on any atom is 0.262 e. The third-order valence-electron chi connectivity index (χ3n) is 4.43. The van der Waals surface area contributed by atoms with E-state index in [0.717, 1.165) is 22.6 Å². The summed E-state index contributed by atoms with van der Waals surface area (Å²) in [5, 5.41) is 9.80. The van der Waals surface area contributed by atoms with Gasteiger partial charge in [0.25, 0.3) is 5.92 Å². The molecule has 3 rings (SSSR count). The molecule has 2 heterocycles. The Morgan fingerprint density at radius 2 is 2.04 bits per heavy atom. The molecule has 2 atom stereocenters. The van der Waals surface area contributed by atoms with Crippen molar-refractivity contribution in [3.8, 4) is 5.69 Å². The molecule has 25 heavy (non-hydrogen) atoms. The van der Waals surface area contributed by atoms with Gasteiger partial charge in [0.15, 0.2) is 0 Å². The minimum Gasteiger partial charge on any atom is -0.348 e. The molecule has 1 aliphatic heterocycles. The topological polar surface area (TPSA) is 59.0 Å². The van der Waals surface area contributed by atoms with Crippen molar-refractivity contribution >= 4 is 5.91 Å². The molecule has 0 aliphatic carbocycles. The van der Waals surface area contributed by atoms with Crippen LogP contribution in [0.3, 0.4) is 0 Å². The van der Waals surface area contributed by atoms with Gasteiger partial charge in [-0.15, -0.1) is 0 Å². The fourth-order valence-electron chi connectivity index (χ4n) is 3.09. The quantitative estimate of drug-likeness (QED) is 0.893. The van der Waals surface area contributed by atoms with Gasteiger partial charge in [0.05, 0.1) is 30.0 Å². The molecule has 134 valence electrons. The van der Waals surface area contributed by atoms with Crippen molar-refractivity contribution in [1.29, 1.82) is 0 Å². The highest BCUT2D eigenvalue weighted by atomic mass is 19.3. The van der Waals surface area contributed by atoms with Gasteiger partial charge in [-0.2, -0.15) is 5.10 Å². The van der Waals surface area contributed by atoms with E-state index in [9.17, 15) is 13.6 Å². The van der Waals surface area contributed by atoms with Crippen molar-refractivity contribution in [2.24, 2.45) is 0 Å². The van der Waals surface area contributed by atoms with Crippen LogP contribution in [0.1, 0.15) is 36.3 Å². The summed E-state index contributed by atoms with van der Waals surface area (Å²) in [5.41, 5.74) is 3.83.